The molecule has 2 aromatic rings. The van der Waals surface area contributed by atoms with Gasteiger partial charge in [-0.15, -0.1) is 0 Å². The summed E-state index contributed by atoms with van der Waals surface area (Å²) < 4.78 is 32.7. The van der Waals surface area contributed by atoms with Crippen molar-refractivity contribution in [3.63, 3.8) is 0 Å². The highest BCUT2D eigenvalue weighted by Gasteiger charge is 2.31. The number of sulfonamides is 1. The standard InChI is InChI=1S/C18H21NO3S/c1-14-6-5-7-15(12-14)13-23(20,21)19(2)17-10-11-22-18-9-4-3-8-16(17)18/h3-9,12,17H,10-11,13H2,1-2H3. The van der Waals surface area contributed by atoms with Crippen LogP contribution in [0.15, 0.2) is 48.5 Å². The fourth-order valence-corrected chi connectivity index (χ4v) is 4.42. The molecule has 1 unspecified atom stereocenters. The number of aryl methyl sites for hydroxylation is 1. The summed E-state index contributed by atoms with van der Waals surface area (Å²) in [7, 11) is -1.73. The van der Waals surface area contributed by atoms with Crippen LogP contribution in [0.1, 0.15) is 29.2 Å². The molecule has 0 saturated heterocycles. The summed E-state index contributed by atoms with van der Waals surface area (Å²) in [5.41, 5.74) is 2.82. The van der Waals surface area contributed by atoms with Gasteiger partial charge in [-0.3, -0.25) is 0 Å². The second-order valence-corrected chi connectivity index (χ2v) is 7.98. The Bertz CT molecular complexity index is 801. The first-order valence-electron chi connectivity index (χ1n) is 7.70. The second kappa shape index (κ2) is 6.34. The molecule has 3 rings (SSSR count). The first-order valence-corrected chi connectivity index (χ1v) is 9.31. The fraction of sp³-hybridized carbons (Fsp3) is 0.333. The highest BCUT2D eigenvalue weighted by atomic mass is 32.2. The molecular formula is C18H21NO3S. The first kappa shape index (κ1) is 16.0. The third-order valence-electron chi connectivity index (χ3n) is 4.24. The summed E-state index contributed by atoms with van der Waals surface area (Å²) in [4.78, 5) is 0. The number of ether oxygens (including phenoxy) is 1. The van der Waals surface area contributed by atoms with E-state index in [0.29, 0.717) is 13.0 Å². The van der Waals surface area contributed by atoms with Gasteiger partial charge in [0.05, 0.1) is 18.4 Å². The molecule has 0 saturated carbocycles. The van der Waals surface area contributed by atoms with Crippen molar-refractivity contribution in [2.45, 2.75) is 25.1 Å². The molecule has 0 aromatic heterocycles. The Hall–Kier alpha value is -1.85. The Morgan fingerprint density at radius 1 is 1.17 bits per heavy atom. The molecule has 23 heavy (non-hydrogen) atoms. The summed E-state index contributed by atoms with van der Waals surface area (Å²) in [5, 5.41) is 0. The number of nitrogens with zero attached hydrogens (tertiary/aromatic N) is 1. The molecule has 0 N–H and O–H groups in total. The Balaban J connectivity index is 1.86. The highest BCUT2D eigenvalue weighted by molar-refractivity contribution is 7.88. The molecule has 0 fully saturated rings. The molecule has 0 amide bonds. The summed E-state index contributed by atoms with van der Waals surface area (Å²) in [6.07, 6.45) is 0.667. The van der Waals surface area contributed by atoms with Crippen LogP contribution in [0.5, 0.6) is 5.75 Å². The minimum absolute atomic E-state index is 0.0186. The van der Waals surface area contributed by atoms with Gasteiger partial charge >= 0.3 is 0 Å². The van der Waals surface area contributed by atoms with Gasteiger partial charge in [-0.2, -0.15) is 4.31 Å². The minimum Gasteiger partial charge on any atom is -0.493 e. The molecule has 1 aliphatic rings. The van der Waals surface area contributed by atoms with Gasteiger partial charge < -0.3 is 4.74 Å². The van der Waals surface area contributed by atoms with Gasteiger partial charge in [0.15, 0.2) is 0 Å². The van der Waals surface area contributed by atoms with Crippen molar-refractivity contribution in [3.8, 4) is 5.75 Å². The number of rotatable bonds is 4. The zero-order valence-electron chi connectivity index (χ0n) is 13.4. The van der Waals surface area contributed by atoms with Gasteiger partial charge in [-0.05, 0) is 18.6 Å². The van der Waals surface area contributed by atoms with Crippen LogP contribution in [0.2, 0.25) is 0 Å². The van der Waals surface area contributed by atoms with E-state index in [0.717, 1.165) is 22.4 Å². The number of fused-ring (bicyclic) bond motifs is 1. The Kier molecular flexibility index (Phi) is 4.41. The topological polar surface area (TPSA) is 46.6 Å². The van der Waals surface area contributed by atoms with E-state index in [2.05, 4.69) is 0 Å². The van der Waals surface area contributed by atoms with E-state index in [-0.39, 0.29) is 11.8 Å². The lowest BCUT2D eigenvalue weighted by Gasteiger charge is -2.32. The van der Waals surface area contributed by atoms with Crippen molar-refractivity contribution >= 4 is 10.0 Å². The predicted molar refractivity (Wildman–Crippen MR) is 90.9 cm³/mol. The van der Waals surface area contributed by atoms with Crippen molar-refractivity contribution in [2.24, 2.45) is 0 Å². The van der Waals surface area contributed by atoms with Crippen molar-refractivity contribution in [3.05, 3.63) is 65.2 Å². The lowest BCUT2D eigenvalue weighted by atomic mass is 10.0. The Morgan fingerprint density at radius 3 is 2.74 bits per heavy atom. The van der Waals surface area contributed by atoms with Crippen LogP contribution in [0, 0.1) is 6.92 Å². The zero-order chi connectivity index (χ0) is 16.4. The molecule has 1 heterocycles. The van der Waals surface area contributed by atoms with Crippen molar-refractivity contribution in [1.82, 2.24) is 4.31 Å². The quantitative estimate of drug-likeness (QED) is 0.864. The molecule has 122 valence electrons. The smallest absolute Gasteiger partial charge is 0.218 e. The molecular weight excluding hydrogens is 310 g/mol. The van der Waals surface area contributed by atoms with Gasteiger partial charge in [0.2, 0.25) is 10.0 Å². The van der Waals surface area contributed by atoms with E-state index in [1.807, 2.05) is 55.5 Å². The molecule has 2 aromatic carbocycles. The third-order valence-corrected chi connectivity index (χ3v) is 6.07. The lowest BCUT2D eigenvalue weighted by Crippen LogP contribution is -2.35. The molecule has 0 spiro atoms. The average molecular weight is 331 g/mol. The minimum atomic E-state index is -3.39. The van der Waals surface area contributed by atoms with E-state index in [4.69, 9.17) is 4.74 Å². The van der Waals surface area contributed by atoms with Gasteiger partial charge in [0.1, 0.15) is 5.75 Å². The van der Waals surface area contributed by atoms with Crippen LogP contribution >= 0.6 is 0 Å². The largest absolute Gasteiger partial charge is 0.493 e. The van der Waals surface area contributed by atoms with E-state index in [1.165, 1.54) is 4.31 Å². The van der Waals surface area contributed by atoms with Gasteiger partial charge in [0.25, 0.3) is 0 Å². The lowest BCUT2D eigenvalue weighted by molar-refractivity contribution is 0.220. The summed E-state index contributed by atoms with van der Waals surface area (Å²) >= 11 is 0. The third kappa shape index (κ3) is 3.41. The maximum absolute atomic E-state index is 12.8. The zero-order valence-corrected chi connectivity index (χ0v) is 14.2. The molecule has 0 aliphatic carbocycles. The number of hydrogen-bond donors (Lipinski definition) is 0. The first-order chi connectivity index (χ1) is 11.0. The van der Waals surface area contributed by atoms with E-state index < -0.39 is 10.0 Å². The van der Waals surface area contributed by atoms with Gasteiger partial charge in [-0.25, -0.2) is 8.42 Å². The van der Waals surface area contributed by atoms with Crippen molar-refractivity contribution in [1.29, 1.82) is 0 Å². The van der Waals surface area contributed by atoms with E-state index in [9.17, 15) is 8.42 Å². The van der Waals surface area contributed by atoms with Crippen LogP contribution in [0.3, 0.4) is 0 Å². The normalized spacial score (nSPS) is 17.6. The fourth-order valence-electron chi connectivity index (χ4n) is 3.01. The number of hydrogen-bond acceptors (Lipinski definition) is 3. The Labute approximate surface area is 137 Å². The van der Waals surface area contributed by atoms with Crippen molar-refractivity contribution < 1.29 is 13.2 Å². The van der Waals surface area contributed by atoms with Crippen LogP contribution in [-0.4, -0.2) is 26.4 Å². The predicted octanol–water partition coefficient (Wildman–Crippen LogP) is 3.28. The molecule has 0 radical (unpaired) electrons. The number of para-hydroxylation sites is 1. The van der Waals surface area contributed by atoms with Gasteiger partial charge in [0, 0.05) is 19.0 Å². The molecule has 4 nitrogen and oxygen atoms in total. The van der Waals surface area contributed by atoms with Crippen LogP contribution in [-0.2, 0) is 15.8 Å². The molecule has 1 aliphatic heterocycles. The van der Waals surface area contributed by atoms with Crippen LogP contribution in [0.25, 0.3) is 0 Å². The Morgan fingerprint density at radius 2 is 1.96 bits per heavy atom. The van der Waals surface area contributed by atoms with Crippen LogP contribution in [0.4, 0.5) is 0 Å². The van der Waals surface area contributed by atoms with E-state index >= 15 is 0 Å². The van der Waals surface area contributed by atoms with Crippen molar-refractivity contribution in [2.75, 3.05) is 13.7 Å². The van der Waals surface area contributed by atoms with Gasteiger partial charge in [-0.1, -0.05) is 48.0 Å². The summed E-state index contributed by atoms with van der Waals surface area (Å²) in [6, 6.07) is 15.1. The second-order valence-electron chi connectivity index (χ2n) is 5.95. The molecule has 1 atom stereocenters. The maximum atomic E-state index is 12.8. The number of benzene rings is 2. The molecule has 5 heteroatoms. The summed E-state index contributed by atoms with van der Waals surface area (Å²) in [5.74, 6) is 0.798. The molecule has 0 bridgehead atoms. The van der Waals surface area contributed by atoms with Crippen LogP contribution < -0.4 is 4.74 Å². The monoisotopic (exact) mass is 331 g/mol. The maximum Gasteiger partial charge on any atom is 0.218 e. The summed E-state index contributed by atoms with van der Waals surface area (Å²) in [6.45, 7) is 2.50. The SMILES string of the molecule is Cc1cccc(CS(=O)(=O)N(C)C2CCOc3ccccc32)c1. The average Bonchev–Trinajstić information content (AvgIpc) is 2.53. The highest BCUT2D eigenvalue weighted by Crippen LogP contribution is 2.36. The van der Waals surface area contributed by atoms with E-state index in [1.54, 1.807) is 7.05 Å².